The summed E-state index contributed by atoms with van der Waals surface area (Å²) in [5, 5.41) is 2.27. The first-order valence-corrected chi connectivity index (χ1v) is 22.8. The average molecular weight is 841 g/mol. The van der Waals surface area contributed by atoms with E-state index in [1.54, 1.807) is 0 Å². The molecule has 0 fully saturated rings. The molecule has 0 saturated carbocycles. The van der Waals surface area contributed by atoms with Gasteiger partial charge in [-0.2, -0.15) is 0 Å². The van der Waals surface area contributed by atoms with E-state index in [2.05, 4.69) is 254 Å². The lowest BCUT2D eigenvalue weighted by atomic mass is 9.97. The van der Waals surface area contributed by atoms with Gasteiger partial charge in [-0.3, -0.25) is 0 Å². The van der Waals surface area contributed by atoms with Crippen LogP contribution in [0.2, 0.25) is 0 Å². The highest BCUT2D eigenvalue weighted by Crippen LogP contribution is 2.46. The molecule has 3 nitrogen and oxygen atoms in total. The maximum atomic E-state index is 7.10. The number of ether oxygens (including phenoxy) is 1. The summed E-state index contributed by atoms with van der Waals surface area (Å²) in [5.74, 6) is 0.870. The van der Waals surface area contributed by atoms with Gasteiger partial charge in [0.15, 0.2) is 5.75 Å². The Morgan fingerprint density at radius 1 is 0.523 bits per heavy atom. The molecule has 0 bridgehead atoms. The molecule has 10 rings (SSSR count). The van der Waals surface area contributed by atoms with Crippen LogP contribution >= 0.6 is 0 Å². The summed E-state index contributed by atoms with van der Waals surface area (Å²) in [6, 6.07) is 67.8. The second-order valence-corrected chi connectivity index (χ2v) is 16.6. The van der Waals surface area contributed by atoms with Gasteiger partial charge in [0.1, 0.15) is 6.61 Å². The molecule has 3 heteroatoms. The molecule has 0 amide bonds. The zero-order chi connectivity index (χ0) is 44.0. The number of hydrogen-bond donors (Lipinski definition) is 0. The highest BCUT2D eigenvalue weighted by Gasteiger charge is 2.25. The van der Waals surface area contributed by atoms with E-state index in [4.69, 9.17) is 4.74 Å². The summed E-state index contributed by atoms with van der Waals surface area (Å²) in [5.41, 5.74) is 17.3. The van der Waals surface area contributed by atoms with E-state index in [1.165, 1.54) is 50.1 Å². The first-order chi connectivity index (χ1) is 32.1. The zero-order valence-corrected chi connectivity index (χ0v) is 37.1. The van der Waals surface area contributed by atoms with Crippen LogP contribution in [-0.4, -0.2) is 6.61 Å². The topological polar surface area (TPSA) is 15.7 Å². The average Bonchev–Trinajstić information content (AvgIpc) is 3.37. The van der Waals surface area contributed by atoms with Crippen molar-refractivity contribution in [3.63, 3.8) is 0 Å². The fourth-order valence-electron chi connectivity index (χ4n) is 9.27. The van der Waals surface area contributed by atoms with Crippen LogP contribution in [0.25, 0.3) is 44.3 Å². The molecule has 1 heterocycles. The molecule has 1 aliphatic heterocycles. The van der Waals surface area contributed by atoms with Crippen LogP contribution in [-0.2, 0) is 6.42 Å². The first-order valence-electron chi connectivity index (χ1n) is 22.8. The Morgan fingerprint density at radius 2 is 1.14 bits per heavy atom. The molecular weight excluding hydrogens is 789 g/mol. The molecule has 2 aliphatic rings. The summed E-state index contributed by atoms with van der Waals surface area (Å²) in [7, 11) is 0. The summed E-state index contributed by atoms with van der Waals surface area (Å²) in [4.78, 5) is 4.75. The molecule has 0 N–H and O–H groups in total. The van der Waals surface area contributed by atoms with Gasteiger partial charge in [-0.25, -0.2) is 0 Å². The van der Waals surface area contributed by atoms with E-state index < -0.39 is 0 Å². The Balaban J connectivity index is 1.09. The summed E-state index contributed by atoms with van der Waals surface area (Å²) >= 11 is 0. The largest absolute Gasteiger partial charge is 0.487 e. The molecule has 0 atom stereocenters. The molecule has 0 aromatic heterocycles. The zero-order valence-electron chi connectivity index (χ0n) is 37.1. The fraction of sp³-hybridized carbons (Fsp3) is 0.0968. The summed E-state index contributed by atoms with van der Waals surface area (Å²) in [6.45, 7) is 4.70. The SMILES string of the molecule is C/C=C(\c1ccccc1C)N(c1ccc(-c2ccccc2)cc1)c1ccc2cccc3c2c1OC/C=C\C(N(c1ccc(C2=CCCC=C2)cc1)c1ccc(-c2ccccc2)cc1)=C/C3. The van der Waals surface area contributed by atoms with Crippen LogP contribution in [0.5, 0.6) is 5.75 Å². The molecule has 1 aliphatic carbocycles. The first kappa shape index (κ1) is 41.1. The molecule has 0 radical (unpaired) electrons. The third kappa shape index (κ3) is 8.62. The second-order valence-electron chi connectivity index (χ2n) is 16.6. The Hall–Kier alpha value is -7.88. The molecule has 0 saturated heterocycles. The van der Waals surface area contributed by atoms with E-state index in [1.807, 2.05) is 0 Å². The lowest BCUT2D eigenvalue weighted by molar-refractivity contribution is 0.368. The summed E-state index contributed by atoms with van der Waals surface area (Å²) < 4.78 is 7.10. The second kappa shape index (κ2) is 18.8. The van der Waals surface area contributed by atoms with Crippen molar-refractivity contribution in [3.8, 4) is 28.0 Å². The molecule has 8 aromatic carbocycles. The van der Waals surface area contributed by atoms with Gasteiger partial charge in [0.25, 0.3) is 0 Å². The van der Waals surface area contributed by atoms with Gasteiger partial charge in [-0.1, -0.05) is 176 Å². The minimum absolute atomic E-state index is 0.383. The van der Waals surface area contributed by atoms with Crippen LogP contribution in [0.15, 0.2) is 236 Å². The van der Waals surface area contributed by atoms with Crippen molar-refractivity contribution in [2.75, 3.05) is 16.4 Å². The Bertz CT molecular complexity index is 3100. The molecule has 0 unspecified atom stereocenters. The number of hydrogen-bond acceptors (Lipinski definition) is 3. The van der Waals surface area contributed by atoms with Crippen molar-refractivity contribution in [2.45, 2.75) is 33.1 Å². The van der Waals surface area contributed by atoms with Crippen molar-refractivity contribution >= 4 is 44.8 Å². The lowest BCUT2D eigenvalue weighted by Gasteiger charge is -2.31. The number of benzene rings is 8. The number of anilines is 4. The normalized spacial score (nSPS) is 15.0. The van der Waals surface area contributed by atoms with Gasteiger partial charge >= 0.3 is 0 Å². The molecular formula is C62H52N2O. The van der Waals surface area contributed by atoms with Gasteiger partial charge in [0, 0.05) is 39.4 Å². The van der Waals surface area contributed by atoms with Crippen LogP contribution in [0.4, 0.5) is 22.7 Å². The van der Waals surface area contributed by atoms with Crippen LogP contribution in [0, 0.1) is 6.92 Å². The third-order valence-corrected chi connectivity index (χ3v) is 12.6. The smallest absolute Gasteiger partial charge is 0.151 e. The highest BCUT2D eigenvalue weighted by molar-refractivity contribution is 6.01. The van der Waals surface area contributed by atoms with E-state index in [-0.39, 0.29) is 0 Å². The van der Waals surface area contributed by atoms with E-state index in [0.29, 0.717) is 13.0 Å². The van der Waals surface area contributed by atoms with Gasteiger partial charge in [0.05, 0.1) is 5.69 Å². The van der Waals surface area contributed by atoms with Crippen molar-refractivity contribution in [2.24, 2.45) is 0 Å². The highest BCUT2D eigenvalue weighted by atomic mass is 16.5. The third-order valence-electron chi connectivity index (χ3n) is 12.6. The Kier molecular flexibility index (Phi) is 11.9. The van der Waals surface area contributed by atoms with Crippen molar-refractivity contribution < 1.29 is 4.74 Å². The standard InChI is InChI=1S/C62H52N2O/c1-3-59(58-27-14-13-17-45(58)2)64(57-40-32-51(33-41-57)48-22-11-6-12-23-48)60-43-35-53-25-15-24-52-34-42-54(26-16-44-65-62(60)61(52)53)63(55-36-28-49(29-37-55)46-18-7-4-8-19-46)56-38-30-50(31-39-56)47-20-9-5-10-21-47/h3-4,6-9,11-33,35-43H,5,10,34,44H2,1-2H3/b26-16-,54-42+,59-3+. The van der Waals surface area contributed by atoms with Crippen LogP contribution in [0.3, 0.4) is 0 Å². The number of aryl methyl sites for hydroxylation is 1. The Labute approximate surface area is 383 Å². The van der Waals surface area contributed by atoms with Gasteiger partial charge in [-0.05, 0) is 138 Å². The maximum Gasteiger partial charge on any atom is 0.151 e. The molecule has 65 heavy (non-hydrogen) atoms. The summed E-state index contributed by atoms with van der Waals surface area (Å²) in [6.07, 6.45) is 18.7. The van der Waals surface area contributed by atoms with E-state index in [0.717, 1.165) is 63.5 Å². The number of rotatable bonds is 10. The van der Waals surface area contributed by atoms with Crippen LogP contribution < -0.4 is 14.5 Å². The van der Waals surface area contributed by atoms with Gasteiger partial charge in [0.2, 0.25) is 0 Å². The predicted octanol–water partition coefficient (Wildman–Crippen LogP) is 16.6. The number of allylic oxidation sites excluding steroid dienone is 7. The van der Waals surface area contributed by atoms with Gasteiger partial charge < -0.3 is 14.5 Å². The minimum atomic E-state index is 0.383. The Morgan fingerprint density at radius 3 is 1.77 bits per heavy atom. The minimum Gasteiger partial charge on any atom is -0.487 e. The van der Waals surface area contributed by atoms with Crippen molar-refractivity contribution in [3.05, 3.63) is 259 Å². The maximum absolute atomic E-state index is 7.10. The number of nitrogens with zero attached hydrogens (tertiary/aromatic N) is 2. The molecule has 316 valence electrons. The monoisotopic (exact) mass is 840 g/mol. The van der Waals surface area contributed by atoms with Crippen molar-refractivity contribution in [1.82, 2.24) is 0 Å². The quantitative estimate of drug-likeness (QED) is 0.136. The van der Waals surface area contributed by atoms with Crippen LogP contribution in [0.1, 0.15) is 42.0 Å². The predicted molar refractivity (Wildman–Crippen MR) is 276 cm³/mol. The van der Waals surface area contributed by atoms with Gasteiger partial charge in [-0.15, -0.1) is 0 Å². The fourth-order valence-corrected chi connectivity index (χ4v) is 9.27. The van der Waals surface area contributed by atoms with Crippen molar-refractivity contribution in [1.29, 1.82) is 0 Å². The van der Waals surface area contributed by atoms with E-state index >= 15 is 0 Å². The molecule has 0 spiro atoms. The lowest BCUT2D eigenvalue weighted by Crippen LogP contribution is -2.18. The molecule has 8 aromatic rings. The van der Waals surface area contributed by atoms with E-state index in [9.17, 15) is 0 Å².